The van der Waals surface area contributed by atoms with E-state index in [9.17, 15) is 0 Å². The minimum atomic E-state index is 0.376. The molecule has 1 atom stereocenters. The third-order valence-corrected chi connectivity index (χ3v) is 3.01. The Morgan fingerprint density at radius 2 is 2.50 bits per heavy atom. The molecule has 2 N–H and O–H groups in total. The molecule has 0 radical (unpaired) electrons. The van der Waals surface area contributed by atoms with Gasteiger partial charge in [0.2, 0.25) is 0 Å². The SMILES string of the molecule is CN1CCCC1CCOc1nccc(N)n1. The normalized spacial score (nSPS) is 21.2. The molecule has 5 nitrogen and oxygen atoms in total. The first-order valence-electron chi connectivity index (χ1n) is 5.67. The lowest BCUT2D eigenvalue weighted by Gasteiger charge is -2.18. The molecular weight excluding hydrogens is 204 g/mol. The van der Waals surface area contributed by atoms with Crippen molar-refractivity contribution in [3.05, 3.63) is 12.3 Å². The Balaban J connectivity index is 1.75. The largest absolute Gasteiger partial charge is 0.463 e. The van der Waals surface area contributed by atoms with E-state index >= 15 is 0 Å². The highest BCUT2D eigenvalue weighted by Gasteiger charge is 2.20. The quantitative estimate of drug-likeness (QED) is 0.820. The Kier molecular flexibility index (Phi) is 3.56. The van der Waals surface area contributed by atoms with Crippen molar-refractivity contribution in [2.75, 3.05) is 25.9 Å². The minimum absolute atomic E-state index is 0.376. The predicted molar refractivity (Wildman–Crippen MR) is 62.2 cm³/mol. The summed E-state index contributed by atoms with van der Waals surface area (Å²) in [6.07, 6.45) is 5.18. The zero-order valence-corrected chi connectivity index (χ0v) is 9.59. The molecule has 0 aromatic carbocycles. The zero-order chi connectivity index (χ0) is 11.4. The van der Waals surface area contributed by atoms with Crippen molar-refractivity contribution in [1.29, 1.82) is 0 Å². The Morgan fingerprint density at radius 3 is 3.19 bits per heavy atom. The fraction of sp³-hybridized carbons (Fsp3) is 0.636. The summed E-state index contributed by atoms with van der Waals surface area (Å²) in [6, 6.07) is 2.67. The third-order valence-electron chi connectivity index (χ3n) is 3.01. The zero-order valence-electron chi connectivity index (χ0n) is 9.59. The first-order valence-corrected chi connectivity index (χ1v) is 5.67. The Morgan fingerprint density at radius 1 is 1.62 bits per heavy atom. The number of likely N-dealkylation sites (tertiary alicyclic amines) is 1. The van der Waals surface area contributed by atoms with E-state index in [1.807, 2.05) is 0 Å². The van der Waals surface area contributed by atoms with Gasteiger partial charge in [-0.2, -0.15) is 4.98 Å². The van der Waals surface area contributed by atoms with Crippen LogP contribution in [0.3, 0.4) is 0 Å². The van der Waals surface area contributed by atoms with E-state index in [1.165, 1.54) is 19.4 Å². The van der Waals surface area contributed by atoms with Crippen LogP contribution in [-0.4, -0.2) is 41.1 Å². The molecule has 0 aliphatic carbocycles. The average molecular weight is 222 g/mol. The molecule has 1 fully saturated rings. The van der Waals surface area contributed by atoms with Crippen LogP contribution in [0.1, 0.15) is 19.3 Å². The van der Waals surface area contributed by atoms with E-state index in [2.05, 4.69) is 21.9 Å². The summed E-state index contributed by atoms with van der Waals surface area (Å²) in [6.45, 7) is 1.85. The number of nitrogen functional groups attached to an aromatic ring is 1. The summed E-state index contributed by atoms with van der Waals surface area (Å²) >= 11 is 0. The molecule has 1 aliphatic rings. The summed E-state index contributed by atoms with van der Waals surface area (Å²) in [4.78, 5) is 10.4. The molecule has 5 heteroatoms. The van der Waals surface area contributed by atoms with E-state index in [4.69, 9.17) is 10.5 Å². The van der Waals surface area contributed by atoms with Gasteiger partial charge in [-0.25, -0.2) is 4.98 Å². The van der Waals surface area contributed by atoms with Crippen LogP contribution in [0.25, 0.3) is 0 Å². The van der Waals surface area contributed by atoms with Crippen LogP contribution in [-0.2, 0) is 0 Å². The molecule has 1 aliphatic heterocycles. The molecule has 1 saturated heterocycles. The van der Waals surface area contributed by atoms with Crippen LogP contribution in [0, 0.1) is 0 Å². The van der Waals surface area contributed by atoms with Crippen LogP contribution in [0.2, 0.25) is 0 Å². The number of nitrogens with two attached hydrogens (primary N) is 1. The molecule has 0 bridgehead atoms. The standard InChI is InChI=1S/C11H18N4O/c1-15-7-2-3-9(15)5-8-16-11-13-6-4-10(12)14-11/h4,6,9H,2-3,5,7-8H2,1H3,(H2,12,13,14). The van der Waals surface area contributed by atoms with Crippen molar-refractivity contribution in [2.24, 2.45) is 0 Å². The second kappa shape index (κ2) is 5.12. The predicted octanol–water partition coefficient (Wildman–Crippen LogP) is 0.922. The van der Waals surface area contributed by atoms with Gasteiger partial charge in [0.1, 0.15) is 5.82 Å². The van der Waals surface area contributed by atoms with Gasteiger partial charge >= 0.3 is 6.01 Å². The minimum Gasteiger partial charge on any atom is -0.463 e. The number of hydrogen-bond donors (Lipinski definition) is 1. The topological polar surface area (TPSA) is 64.3 Å². The van der Waals surface area contributed by atoms with Crippen LogP contribution < -0.4 is 10.5 Å². The van der Waals surface area contributed by atoms with Crippen molar-refractivity contribution >= 4 is 5.82 Å². The van der Waals surface area contributed by atoms with E-state index in [0.29, 0.717) is 24.5 Å². The van der Waals surface area contributed by atoms with Gasteiger partial charge in [-0.3, -0.25) is 0 Å². The smallest absolute Gasteiger partial charge is 0.318 e. The number of hydrogen-bond acceptors (Lipinski definition) is 5. The van der Waals surface area contributed by atoms with Gasteiger partial charge in [0.15, 0.2) is 0 Å². The number of anilines is 1. The summed E-state index contributed by atoms with van der Waals surface area (Å²) < 4.78 is 5.47. The maximum absolute atomic E-state index is 5.54. The van der Waals surface area contributed by atoms with Gasteiger partial charge in [-0.05, 0) is 38.9 Å². The summed E-state index contributed by atoms with van der Waals surface area (Å²) in [5.74, 6) is 0.447. The maximum Gasteiger partial charge on any atom is 0.318 e. The molecule has 2 rings (SSSR count). The maximum atomic E-state index is 5.54. The van der Waals surface area contributed by atoms with Crippen LogP contribution in [0.15, 0.2) is 12.3 Å². The lowest BCUT2D eigenvalue weighted by molar-refractivity contribution is 0.223. The van der Waals surface area contributed by atoms with Crippen molar-refractivity contribution in [1.82, 2.24) is 14.9 Å². The number of ether oxygens (including phenoxy) is 1. The summed E-state index contributed by atoms with van der Waals surface area (Å²) in [7, 11) is 2.16. The van der Waals surface area contributed by atoms with Gasteiger partial charge in [-0.1, -0.05) is 0 Å². The first-order chi connectivity index (χ1) is 7.75. The van der Waals surface area contributed by atoms with Crippen molar-refractivity contribution < 1.29 is 4.74 Å². The van der Waals surface area contributed by atoms with E-state index in [0.717, 1.165) is 6.42 Å². The highest BCUT2D eigenvalue weighted by molar-refractivity contribution is 5.26. The second-order valence-corrected chi connectivity index (χ2v) is 4.18. The van der Waals surface area contributed by atoms with Crippen molar-refractivity contribution in [3.63, 3.8) is 0 Å². The highest BCUT2D eigenvalue weighted by atomic mass is 16.5. The molecule has 0 saturated carbocycles. The fourth-order valence-electron chi connectivity index (χ4n) is 2.05. The number of nitrogens with zero attached hydrogens (tertiary/aromatic N) is 3. The molecule has 1 unspecified atom stereocenters. The van der Waals surface area contributed by atoms with Crippen LogP contribution in [0.5, 0.6) is 6.01 Å². The van der Waals surface area contributed by atoms with E-state index in [1.54, 1.807) is 12.3 Å². The van der Waals surface area contributed by atoms with E-state index < -0.39 is 0 Å². The molecule has 1 aromatic rings. The summed E-state index contributed by atoms with van der Waals surface area (Å²) in [5, 5.41) is 0. The monoisotopic (exact) mass is 222 g/mol. The number of aromatic nitrogens is 2. The fourth-order valence-corrected chi connectivity index (χ4v) is 2.05. The molecule has 16 heavy (non-hydrogen) atoms. The van der Waals surface area contributed by atoms with Crippen LogP contribution in [0.4, 0.5) is 5.82 Å². The van der Waals surface area contributed by atoms with Crippen LogP contribution >= 0.6 is 0 Å². The average Bonchev–Trinajstić information content (AvgIpc) is 2.65. The lowest BCUT2D eigenvalue weighted by Crippen LogP contribution is -2.26. The van der Waals surface area contributed by atoms with Crippen molar-refractivity contribution in [2.45, 2.75) is 25.3 Å². The highest BCUT2D eigenvalue weighted by Crippen LogP contribution is 2.17. The van der Waals surface area contributed by atoms with Gasteiger partial charge < -0.3 is 15.4 Å². The molecule has 1 aromatic heterocycles. The number of rotatable bonds is 4. The van der Waals surface area contributed by atoms with E-state index in [-0.39, 0.29) is 0 Å². The van der Waals surface area contributed by atoms with Gasteiger partial charge in [0.25, 0.3) is 0 Å². The molecule has 0 spiro atoms. The second-order valence-electron chi connectivity index (χ2n) is 4.18. The molecule has 0 amide bonds. The van der Waals surface area contributed by atoms with Crippen molar-refractivity contribution in [3.8, 4) is 6.01 Å². The Hall–Kier alpha value is -1.36. The summed E-state index contributed by atoms with van der Waals surface area (Å²) in [5.41, 5.74) is 5.54. The Bertz CT molecular complexity index is 345. The first kappa shape index (κ1) is 11.1. The van der Waals surface area contributed by atoms with Gasteiger partial charge in [0, 0.05) is 12.2 Å². The molecule has 2 heterocycles. The molecular formula is C11H18N4O. The Labute approximate surface area is 95.6 Å². The molecule has 88 valence electrons. The lowest BCUT2D eigenvalue weighted by atomic mass is 10.2. The van der Waals surface area contributed by atoms with Gasteiger partial charge in [-0.15, -0.1) is 0 Å². The third kappa shape index (κ3) is 2.82. The van der Waals surface area contributed by atoms with Gasteiger partial charge in [0.05, 0.1) is 6.61 Å².